The number of hydrogen-bond acceptors (Lipinski definition) is 7. The van der Waals surface area contributed by atoms with E-state index < -0.39 is 0 Å². The zero-order valence-corrected chi connectivity index (χ0v) is 25.7. The molecule has 0 spiro atoms. The van der Waals surface area contributed by atoms with E-state index in [2.05, 4.69) is 23.6 Å². The first-order valence-electron chi connectivity index (χ1n) is 16.2. The fourth-order valence-electron chi connectivity index (χ4n) is 5.09. The summed E-state index contributed by atoms with van der Waals surface area (Å²) in [6.45, 7) is 11.9. The molecule has 0 bridgehead atoms. The highest BCUT2D eigenvalue weighted by Gasteiger charge is 2.16. The van der Waals surface area contributed by atoms with Crippen molar-refractivity contribution in [1.29, 1.82) is 0 Å². The summed E-state index contributed by atoms with van der Waals surface area (Å²) in [6.07, 6.45) is 16.0. The number of unbranched alkanes of at least 4 members (excludes halogenated alkanes) is 10. The van der Waals surface area contributed by atoms with Gasteiger partial charge in [0.2, 0.25) is 0 Å². The first-order valence-corrected chi connectivity index (χ1v) is 16.2. The first-order chi connectivity index (χ1) is 19.6. The Morgan fingerprint density at radius 3 is 1.73 bits per heavy atom. The predicted molar refractivity (Wildman–Crippen MR) is 163 cm³/mol. The zero-order chi connectivity index (χ0) is 28.7. The zero-order valence-electron chi connectivity index (χ0n) is 25.7. The maximum absolute atomic E-state index is 12.5. The molecule has 0 aromatic heterocycles. The van der Waals surface area contributed by atoms with Crippen molar-refractivity contribution >= 4 is 5.97 Å². The number of benzene rings is 1. The summed E-state index contributed by atoms with van der Waals surface area (Å²) in [5, 5.41) is 9.09. The molecule has 1 aliphatic heterocycles. The minimum atomic E-state index is -0.160. The molecule has 0 aliphatic carbocycles. The Morgan fingerprint density at radius 2 is 1.20 bits per heavy atom. The highest BCUT2D eigenvalue weighted by Crippen LogP contribution is 2.25. The summed E-state index contributed by atoms with van der Waals surface area (Å²) in [7, 11) is 0. The van der Waals surface area contributed by atoms with Crippen LogP contribution >= 0.6 is 0 Å². The quantitative estimate of drug-likeness (QED) is 0.112. The molecule has 1 heterocycles. The van der Waals surface area contributed by atoms with Gasteiger partial charge in [-0.2, -0.15) is 0 Å². The summed E-state index contributed by atoms with van der Waals surface area (Å²) < 4.78 is 17.8. The minimum Gasteiger partial charge on any atom is -0.493 e. The van der Waals surface area contributed by atoms with Crippen molar-refractivity contribution in [3.8, 4) is 11.5 Å². The van der Waals surface area contributed by atoms with Crippen LogP contribution in [0.5, 0.6) is 11.5 Å². The molecule has 0 unspecified atom stereocenters. The van der Waals surface area contributed by atoms with E-state index in [0.29, 0.717) is 19.6 Å². The molecular formula is C33H58N2O5. The molecule has 230 valence electrons. The van der Waals surface area contributed by atoms with Crippen LogP contribution in [-0.4, -0.2) is 80.0 Å². The number of aliphatic hydroxyl groups excluding tert-OH is 1. The van der Waals surface area contributed by atoms with Crippen LogP contribution in [0.25, 0.3) is 0 Å². The van der Waals surface area contributed by atoms with Gasteiger partial charge in [0.25, 0.3) is 0 Å². The van der Waals surface area contributed by atoms with Crippen LogP contribution in [0.4, 0.5) is 0 Å². The van der Waals surface area contributed by atoms with Crippen LogP contribution in [0.3, 0.4) is 0 Å². The minimum absolute atomic E-state index is 0.160. The molecule has 0 saturated carbocycles. The van der Waals surface area contributed by atoms with Crippen molar-refractivity contribution in [1.82, 2.24) is 9.80 Å². The fraction of sp³-hybridized carbons (Fsp3) is 0.788. The molecule has 2 rings (SSSR count). The molecule has 0 atom stereocenters. The monoisotopic (exact) mass is 562 g/mol. The number of ether oxygens (including phenoxy) is 3. The van der Waals surface area contributed by atoms with Gasteiger partial charge in [0.1, 0.15) is 18.1 Å². The molecule has 1 N–H and O–H groups in total. The van der Waals surface area contributed by atoms with Crippen molar-refractivity contribution in [2.45, 2.75) is 110 Å². The van der Waals surface area contributed by atoms with Gasteiger partial charge in [-0.05, 0) is 43.5 Å². The molecule has 7 heteroatoms. The Bertz CT molecular complexity index is 731. The fourth-order valence-corrected chi connectivity index (χ4v) is 5.09. The highest BCUT2D eigenvalue weighted by molar-refractivity contribution is 5.69. The Morgan fingerprint density at radius 1 is 0.700 bits per heavy atom. The molecule has 0 radical (unpaired) electrons. The molecule has 7 nitrogen and oxygen atoms in total. The first kappa shape index (κ1) is 34.4. The Hall–Kier alpha value is -1.83. The van der Waals surface area contributed by atoms with Crippen molar-refractivity contribution in [2.75, 3.05) is 59.1 Å². The third kappa shape index (κ3) is 16.4. The Labute approximate surface area is 244 Å². The van der Waals surface area contributed by atoms with Gasteiger partial charge in [-0.3, -0.25) is 9.69 Å². The number of aliphatic hydroxyl groups is 1. The van der Waals surface area contributed by atoms with E-state index in [4.69, 9.17) is 19.3 Å². The predicted octanol–water partition coefficient (Wildman–Crippen LogP) is 6.60. The maximum atomic E-state index is 12.5. The second-order valence-electron chi connectivity index (χ2n) is 11.2. The lowest BCUT2D eigenvalue weighted by Gasteiger charge is -2.34. The van der Waals surface area contributed by atoms with Gasteiger partial charge in [0, 0.05) is 45.2 Å². The van der Waals surface area contributed by atoms with E-state index in [9.17, 15) is 4.79 Å². The van der Waals surface area contributed by atoms with Crippen LogP contribution in [0.15, 0.2) is 18.2 Å². The van der Waals surface area contributed by atoms with Gasteiger partial charge >= 0.3 is 5.97 Å². The van der Waals surface area contributed by atoms with E-state index in [0.717, 1.165) is 75.6 Å². The van der Waals surface area contributed by atoms with E-state index in [1.54, 1.807) is 0 Å². The summed E-state index contributed by atoms with van der Waals surface area (Å²) in [5.74, 6) is 1.42. The summed E-state index contributed by atoms with van der Waals surface area (Å²) in [6, 6.07) is 5.93. The Balaban J connectivity index is 1.76. The molecule has 1 aromatic carbocycles. The molecule has 0 amide bonds. The number of hydrogen-bond donors (Lipinski definition) is 1. The average Bonchev–Trinajstić information content (AvgIpc) is 2.96. The number of β-amino-alcohol motifs (C(OH)–C–C–N with tert-alkyl or cyclic N) is 1. The lowest BCUT2D eigenvalue weighted by Crippen LogP contribution is -2.47. The van der Waals surface area contributed by atoms with Crippen molar-refractivity contribution in [3.63, 3.8) is 0 Å². The van der Waals surface area contributed by atoms with Gasteiger partial charge < -0.3 is 24.2 Å². The third-order valence-electron chi connectivity index (χ3n) is 7.61. The van der Waals surface area contributed by atoms with Crippen molar-refractivity contribution in [2.24, 2.45) is 0 Å². The smallest absolute Gasteiger partial charge is 0.306 e. The topological polar surface area (TPSA) is 71.5 Å². The number of esters is 1. The standard InChI is InChI=1S/C33H58N2O5/c1-3-5-7-9-11-13-24-38-31-26-30(27-32(28-31)39-25-14-12-10-8-6-4-2)29-40-33(37)16-15-17-34-18-20-35(21-19-34)22-23-36/h26-28,36H,3-25,29H2,1-2H3. The number of nitrogens with zero attached hydrogens (tertiary/aromatic N) is 2. The molecule has 40 heavy (non-hydrogen) atoms. The average molecular weight is 563 g/mol. The maximum Gasteiger partial charge on any atom is 0.306 e. The molecule has 1 aliphatic rings. The van der Waals surface area contributed by atoms with Gasteiger partial charge in [0.05, 0.1) is 19.8 Å². The highest BCUT2D eigenvalue weighted by atomic mass is 16.5. The summed E-state index contributed by atoms with van der Waals surface area (Å²) >= 11 is 0. The molecule has 1 fully saturated rings. The second kappa shape index (κ2) is 22.8. The number of carbonyl (C=O) groups excluding carboxylic acids is 1. The molecular weight excluding hydrogens is 504 g/mol. The van der Waals surface area contributed by atoms with Gasteiger partial charge in [0.15, 0.2) is 0 Å². The van der Waals surface area contributed by atoms with Gasteiger partial charge in [-0.15, -0.1) is 0 Å². The number of piperazine rings is 1. The summed E-state index contributed by atoms with van der Waals surface area (Å²) in [5.41, 5.74) is 0.909. The van der Waals surface area contributed by atoms with E-state index in [-0.39, 0.29) is 19.2 Å². The number of carbonyl (C=O) groups is 1. The van der Waals surface area contributed by atoms with Crippen LogP contribution in [0.2, 0.25) is 0 Å². The van der Waals surface area contributed by atoms with Crippen LogP contribution in [-0.2, 0) is 16.1 Å². The summed E-state index contributed by atoms with van der Waals surface area (Å²) in [4.78, 5) is 17.1. The van der Waals surface area contributed by atoms with Crippen LogP contribution in [0.1, 0.15) is 109 Å². The van der Waals surface area contributed by atoms with Crippen molar-refractivity contribution in [3.05, 3.63) is 23.8 Å². The van der Waals surface area contributed by atoms with E-state index in [1.807, 2.05) is 18.2 Å². The van der Waals surface area contributed by atoms with Gasteiger partial charge in [-0.25, -0.2) is 0 Å². The molecule has 1 aromatic rings. The van der Waals surface area contributed by atoms with Crippen LogP contribution in [0, 0.1) is 0 Å². The normalized spacial score (nSPS) is 14.4. The Kier molecular flexibility index (Phi) is 19.6. The lowest BCUT2D eigenvalue weighted by atomic mass is 10.1. The lowest BCUT2D eigenvalue weighted by molar-refractivity contribution is -0.145. The number of rotatable bonds is 24. The SMILES string of the molecule is CCCCCCCCOc1cc(COC(=O)CCCN2CCN(CCO)CC2)cc(OCCCCCCCC)c1. The van der Waals surface area contributed by atoms with E-state index in [1.165, 1.54) is 64.2 Å². The van der Waals surface area contributed by atoms with E-state index >= 15 is 0 Å². The largest absolute Gasteiger partial charge is 0.493 e. The second-order valence-corrected chi connectivity index (χ2v) is 11.2. The van der Waals surface area contributed by atoms with Crippen molar-refractivity contribution < 1.29 is 24.1 Å². The molecule has 1 saturated heterocycles. The van der Waals surface area contributed by atoms with Gasteiger partial charge in [-0.1, -0.05) is 78.1 Å². The van der Waals surface area contributed by atoms with Crippen LogP contribution < -0.4 is 9.47 Å². The third-order valence-corrected chi connectivity index (χ3v) is 7.61.